The number of hydrogen-bond donors (Lipinski definition) is 2. The Morgan fingerprint density at radius 1 is 1.20 bits per heavy atom. The molecule has 0 aromatic rings. The fourth-order valence-electron chi connectivity index (χ4n) is 1.50. The van der Waals surface area contributed by atoms with Crippen molar-refractivity contribution in [1.29, 1.82) is 0 Å². The van der Waals surface area contributed by atoms with Crippen LogP contribution in [0.2, 0.25) is 0 Å². The molecule has 1 rings (SSSR count). The lowest BCUT2D eigenvalue weighted by atomic mass is 10.2. The summed E-state index contributed by atoms with van der Waals surface area (Å²) in [6.45, 7) is 2.26. The minimum Gasteiger partial charge on any atom is -0.330 e. The van der Waals surface area contributed by atoms with Gasteiger partial charge in [0, 0.05) is 19.6 Å². The lowest BCUT2D eigenvalue weighted by Crippen LogP contribution is -2.43. The third-order valence-electron chi connectivity index (χ3n) is 2.32. The quantitative estimate of drug-likeness (QED) is 0.685. The van der Waals surface area contributed by atoms with Gasteiger partial charge in [-0.15, -0.1) is 12.4 Å². The Morgan fingerprint density at radius 2 is 1.80 bits per heavy atom. The maximum atomic E-state index is 11.6. The molecule has 0 aromatic heterocycles. The van der Waals surface area contributed by atoms with E-state index in [1.807, 2.05) is 0 Å². The molecule has 0 bridgehead atoms. The summed E-state index contributed by atoms with van der Waals surface area (Å²) in [7, 11) is -3.23. The van der Waals surface area contributed by atoms with E-state index in [2.05, 4.69) is 4.72 Å². The van der Waals surface area contributed by atoms with Crippen LogP contribution in [0.4, 0.5) is 0 Å². The largest absolute Gasteiger partial charge is 0.330 e. The van der Waals surface area contributed by atoms with Gasteiger partial charge in [-0.2, -0.15) is 12.7 Å². The van der Waals surface area contributed by atoms with Gasteiger partial charge in [0.05, 0.1) is 0 Å². The van der Waals surface area contributed by atoms with Crippen LogP contribution in [-0.2, 0) is 10.2 Å². The van der Waals surface area contributed by atoms with Crippen LogP contribution in [0.25, 0.3) is 0 Å². The number of hydrogen-bond acceptors (Lipinski definition) is 3. The number of nitrogens with zero attached hydrogens (tertiary/aromatic N) is 1. The molecule has 1 saturated heterocycles. The highest BCUT2D eigenvalue weighted by molar-refractivity contribution is 7.87. The second kappa shape index (κ2) is 7.40. The van der Waals surface area contributed by atoms with Gasteiger partial charge in [-0.3, -0.25) is 0 Å². The first-order valence-electron chi connectivity index (χ1n) is 5.11. The normalized spacial score (nSPS) is 18.5. The fraction of sp³-hybridized carbons (Fsp3) is 1.00. The second-order valence-corrected chi connectivity index (χ2v) is 5.26. The van der Waals surface area contributed by atoms with Crippen molar-refractivity contribution in [2.45, 2.75) is 25.7 Å². The van der Waals surface area contributed by atoms with Gasteiger partial charge in [0.25, 0.3) is 10.2 Å². The van der Waals surface area contributed by atoms with E-state index in [9.17, 15) is 8.42 Å². The molecule has 5 nitrogen and oxygen atoms in total. The molecule has 1 heterocycles. The zero-order chi connectivity index (χ0) is 10.4. The highest BCUT2D eigenvalue weighted by Crippen LogP contribution is 2.11. The molecule has 0 unspecified atom stereocenters. The first-order valence-corrected chi connectivity index (χ1v) is 6.55. The van der Waals surface area contributed by atoms with Crippen LogP contribution in [0.3, 0.4) is 0 Å². The molecule has 0 radical (unpaired) electrons. The van der Waals surface area contributed by atoms with Crippen LogP contribution in [0.1, 0.15) is 25.7 Å². The minimum absolute atomic E-state index is 0. The maximum Gasteiger partial charge on any atom is 0.279 e. The van der Waals surface area contributed by atoms with E-state index in [0.29, 0.717) is 32.6 Å². The third-order valence-corrected chi connectivity index (χ3v) is 3.93. The van der Waals surface area contributed by atoms with Crippen molar-refractivity contribution in [3.05, 3.63) is 0 Å². The van der Waals surface area contributed by atoms with Crippen LogP contribution < -0.4 is 10.5 Å². The van der Waals surface area contributed by atoms with E-state index >= 15 is 0 Å². The Labute approximate surface area is 98.0 Å². The Kier molecular flexibility index (Phi) is 7.46. The van der Waals surface area contributed by atoms with Crippen LogP contribution in [0.15, 0.2) is 0 Å². The van der Waals surface area contributed by atoms with Gasteiger partial charge in [0.2, 0.25) is 0 Å². The lowest BCUT2D eigenvalue weighted by Gasteiger charge is -2.25. The lowest BCUT2D eigenvalue weighted by molar-refractivity contribution is 0.341. The highest BCUT2D eigenvalue weighted by Gasteiger charge is 2.22. The van der Waals surface area contributed by atoms with Crippen molar-refractivity contribution >= 4 is 22.6 Å². The molecule has 1 aliphatic rings. The smallest absolute Gasteiger partial charge is 0.279 e. The molecular weight excluding hydrogens is 238 g/mol. The topological polar surface area (TPSA) is 75.4 Å². The fourth-order valence-corrected chi connectivity index (χ4v) is 2.82. The summed E-state index contributed by atoms with van der Waals surface area (Å²) >= 11 is 0. The standard InChI is InChI=1S/C8H19N3O2S.ClH/c9-5-4-6-10-14(12,13)11-7-2-1-3-8-11;/h10H,1-9H2;1H. The summed E-state index contributed by atoms with van der Waals surface area (Å²) in [5, 5.41) is 0. The predicted octanol–water partition coefficient (Wildman–Crippen LogP) is 0.0773. The molecule has 3 N–H and O–H groups in total. The average Bonchev–Trinajstić information content (AvgIpc) is 2.19. The van der Waals surface area contributed by atoms with Crippen molar-refractivity contribution in [1.82, 2.24) is 9.03 Å². The van der Waals surface area contributed by atoms with Crippen molar-refractivity contribution < 1.29 is 8.42 Å². The van der Waals surface area contributed by atoms with Crippen LogP contribution in [0.5, 0.6) is 0 Å². The Balaban J connectivity index is 0.00000196. The summed E-state index contributed by atoms with van der Waals surface area (Å²) in [4.78, 5) is 0. The molecule has 15 heavy (non-hydrogen) atoms. The van der Waals surface area contributed by atoms with Gasteiger partial charge in [-0.1, -0.05) is 6.42 Å². The number of piperidine rings is 1. The molecule has 1 fully saturated rings. The van der Waals surface area contributed by atoms with Gasteiger partial charge >= 0.3 is 0 Å². The van der Waals surface area contributed by atoms with E-state index in [4.69, 9.17) is 5.73 Å². The summed E-state index contributed by atoms with van der Waals surface area (Å²) in [6, 6.07) is 0. The zero-order valence-electron chi connectivity index (χ0n) is 8.81. The first kappa shape index (κ1) is 15.1. The Bertz CT molecular complexity index is 253. The molecule has 7 heteroatoms. The number of nitrogens with two attached hydrogens (primary N) is 1. The molecule has 0 saturated carbocycles. The number of rotatable bonds is 5. The van der Waals surface area contributed by atoms with E-state index in [1.165, 1.54) is 4.31 Å². The number of halogens is 1. The van der Waals surface area contributed by atoms with Gasteiger partial charge < -0.3 is 5.73 Å². The van der Waals surface area contributed by atoms with Crippen molar-refractivity contribution in [3.8, 4) is 0 Å². The summed E-state index contributed by atoms with van der Waals surface area (Å²) in [5.74, 6) is 0. The van der Waals surface area contributed by atoms with Gasteiger partial charge in [-0.05, 0) is 25.8 Å². The molecule has 92 valence electrons. The van der Waals surface area contributed by atoms with Crippen LogP contribution in [0, 0.1) is 0 Å². The number of nitrogens with one attached hydrogen (secondary N) is 1. The highest BCUT2D eigenvalue weighted by atomic mass is 35.5. The maximum absolute atomic E-state index is 11.6. The molecule has 0 spiro atoms. The second-order valence-electron chi connectivity index (χ2n) is 3.50. The van der Waals surface area contributed by atoms with Gasteiger partial charge in [-0.25, -0.2) is 4.72 Å². The van der Waals surface area contributed by atoms with Gasteiger partial charge in [0.15, 0.2) is 0 Å². The van der Waals surface area contributed by atoms with Gasteiger partial charge in [0.1, 0.15) is 0 Å². The van der Waals surface area contributed by atoms with Crippen molar-refractivity contribution in [3.63, 3.8) is 0 Å². The summed E-state index contributed by atoms with van der Waals surface area (Å²) in [6.07, 6.45) is 3.76. The SMILES string of the molecule is Cl.NCCCNS(=O)(=O)N1CCCCC1. The van der Waals surface area contributed by atoms with Crippen LogP contribution >= 0.6 is 12.4 Å². The molecule has 0 aromatic carbocycles. The van der Waals surface area contributed by atoms with E-state index in [1.54, 1.807) is 0 Å². The molecule has 0 atom stereocenters. The molecular formula is C8H20ClN3O2S. The van der Waals surface area contributed by atoms with Crippen molar-refractivity contribution in [2.24, 2.45) is 5.73 Å². The van der Waals surface area contributed by atoms with E-state index < -0.39 is 10.2 Å². The van der Waals surface area contributed by atoms with E-state index in [0.717, 1.165) is 19.3 Å². The first-order chi connectivity index (χ1) is 6.67. The monoisotopic (exact) mass is 257 g/mol. The third kappa shape index (κ3) is 5.12. The zero-order valence-corrected chi connectivity index (χ0v) is 10.4. The minimum atomic E-state index is -3.23. The van der Waals surface area contributed by atoms with Crippen molar-refractivity contribution in [2.75, 3.05) is 26.2 Å². The molecule has 1 aliphatic heterocycles. The molecule has 0 aliphatic carbocycles. The Hall–Kier alpha value is 0.120. The van der Waals surface area contributed by atoms with E-state index in [-0.39, 0.29) is 12.4 Å². The summed E-state index contributed by atoms with van der Waals surface area (Å²) in [5.41, 5.74) is 5.29. The van der Waals surface area contributed by atoms with Crippen LogP contribution in [-0.4, -0.2) is 38.9 Å². The average molecular weight is 258 g/mol. The predicted molar refractivity (Wildman–Crippen MR) is 63.3 cm³/mol. The summed E-state index contributed by atoms with van der Waals surface area (Å²) < 4.78 is 27.3. The Morgan fingerprint density at radius 3 is 2.33 bits per heavy atom. The molecule has 0 amide bonds.